The highest BCUT2D eigenvalue weighted by Crippen LogP contribution is 2.21. The molecule has 1 nitrogen and oxygen atoms in total. The summed E-state index contributed by atoms with van der Waals surface area (Å²) in [7, 11) is 0. The molecule has 0 spiro atoms. The Labute approximate surface area is 55.5 Å². The summed E-state index contributed by atoms with van der Waals surface area (Å²) >= 11 is 5.55. The molecular weight excluding hydrogens is 122 g/mol. The Morgan fingerprint density at radius 2 is 2.12 bits per heavy atom. The van der Waals surface area contributed by atoms with Crippen LogP contribution in [0.3, 0.4) is 0 Å². The molecule has 48 valence electrons. The normalized spacial score (nSPS) is 11.4. The average molecular weight is 134 g/mol. The molecule has 0 aromatic heterocycles. The molecule has 2 N–H and O–H groups in total. The second-order valence-electron chi connectivity index (χ2n) is 2.54. The second kappa shape index (κ2) is 2.40. The Bertz CT molecular complexity index is 96.7. The molecule has 0 rings (SSSR count). The molecular formula is C6H12ClN. The van der Waals surface area contributed by atoms with Crippen molar-refractivity contribution in [3.05, 3.63) is 12.3 Å². The van der Waals surface area contributed by atoms with Gasteiger partial charge in [-0.25, -0.2) is 0 Å². The molecule has 0 aliphatic rings. The predicted molar refractivity (Wildman–Crippen MR) is 37.8 cm³/mol. The standard InChI is InChI=1S/C6H12ClN/c1-5(8)6(2,3)4-7/h1,4,8H2,2-3H3. The van der Waals surface area contributed by atoms with Gasteiger partial charge in [-0.05, 0) is 0 Å². The van der Waals surface area contributed by atoms with E-state index in [4.69, 9.17) is 17.3 Å². The topological polar surface area (TPSA) is 26.0 Å². The zero-order chi connectivity index (χ0) is 6.78. The van der Waals surface area contributed by atoms with Gasteiger partial charge in [0.25, 0.3) is 0 Å². The molecule has 0 fully saturated rings. The lowest BCUT2D eigenvalue weighted by Crippen LogP contribution is -2.21. The molecule has 0 atom stereocenters. The fourth-order valence-electron chi connectivity index (χ4n) is 0.0858. The quantitative estimate of drug-likeness (QED) is 0.571. The van der Waals surface area contributed by atoms with Gasteiger partial charge in [-0.2, -0.15) is 0 Å². The summed E-state index contributed by atoms with van der Waals surface area (Å²) in [5.41, 5.74) is 5.94. The SMILES string of the molecule is C=C(N)C(C)(C)CCl. The molecule has 0 bridgehead atoms. The molecule has 0 aliphatic heterocycles. The highest BCUT2D eigenvalue weighted by molar-refractivity contribution is 6.18. The largest absolute Gasteiger partial charge is 0.402 e. The van der Waals surface area contributed by atoms with Crippen molar-refractivity contribution in [2.75, 3.05) is 5.88 Å². The minimum atomic E-state index is -0.110. The van der Waals surface area contributed by atoms with Crippen molar-refractivity contribution in [3.8, 4) is 0 Å². The first-order valence-electron chi connectivity index (χ1n) is 2.51. The zero-order valence-corrected chi connectivity index (χ0v) is 6.13. The summed E-state index contributed by atoms with van der Waals surface area (Å²) < 4.78 is 0. The summed E-state index contributed by atoms with van der Waals surface area (Å²) in [5.74, 6) is 0.530. The molecule has 0 aromatic carbocycles. The van der Waals surface area contributed by atoms with Gasteiger partial charge in [0.1, 0.15) is 0 Å². The van der Waals surface area contributed by atoms with E-state index in [1.807, 2.05) is 13.8 Å². The van der Waals surface area contributed by atoms with E-state index in [9.17, 15) is 0 Å². The van der Waals surface area contributed by atoms with Crippen LogP contribution in [-0.2, 0) is 0 Å². The Balaban J connectivity index is 3.91. The van der Waals surface area contributed by atoms with Gasteiger partial charge in [0.15, 0.2) is 0 Å². The minimum Gasteiger partial charge on any atom is -0.402 e. The molecule has 0 aliphatic carbocycles. The van der Waals surface area contributed by atoms with E-state index in [-0.39, 0.29) is 5.41 Å². The maximum absolute atomic E-state index is 5.55. The van der Waals surface area contributed by atoms with Crippen LogP contribution in [0.1, 0.15) is 13.8 Å². The van der Waals surface area contributed by atoms with Gasteiger partial charge in [0.2, 0.25) is 0 Å². The van der Waals surface area contributed by atoms with E-state index < -0.39 is 0 Å². The van der Waals surface area contributed by atoms with Crippen LogP contribution in [0.25, 0.3) is 0 Å². The summed E-state index contributed by atoms with van der Waals surface area (Å²) in [6.45, 7) is 7.51. The summed E-state index contributed by atoms with van der Waals surface area (Å²) in [4.78, 5) is 0. The van der Waals surface area contributed by atoms with Crippen LogP contribution < -0.4 is 5.73 Å². The van der Waals surface area contributed by atoms with Crippen molar-refractivity contribution in [1.82, 2.24) is 0 Å². The smallest absolute Gasteiger partial charge is 0.0329 e. The van der Waals surface area contributed by atoms with Crippen molar-refractivity contribution < 1.29 is 0 Å². The fraction of sp³-hybridized carbons (Fsp3) is 0.667. The van der Waals surface area contributed by atoms with Crippen LogP contribution >= 0.6 is 11.6 Å². The fourth-order valence-corrected chi connectivity index (χ4v) is 0.257. The number of nitrogens with two attached hydrogens (primary N) is 1. The molecule has 0 aromatic rings. The van der Waals surface area contributed by atoms with Crippen LogP contribution in [0, 0.1) is 5.41 Å². The van der Waals surface area contributed by atoms with Crippen LogP contribution in [-0.4, -0.2) is 5.88 Å². The molecule has 0 saturated heterocycles. The van der Waals surface area contributed by atoms with Crippen LogP contribution in [0.5, 0.6) is 0 Å². The van der Waals surface area contributed by atoms with Gasteiger partial charge in [0.05, 0.1) is 0 Å². The van der Waals surface area contributed by atoms with Gasteiger partial charge < -0.3 is 5.73 Å². The molecule has 0 heterocycles. The van der Waals surface area contributed by atoms with E-state index in [0.717, 1.165) is 0 Å². The van der Waals surface area contributed by atoms with Crippen LogP contribution in [0.15, 0.2) is 12.3 Å². The lowest BCUT2D eigenvalue weighted by Gasteiger charge is -2.20. The third kappa shape index (κ3) is 1.74. The van der Waals surface area contributed by atoms with Gasteiger partial charge in [-0.3, -0.25) is 0 Å². The van der Waals surface area contributed by atoms with Crippen LogP contribution in [0.2, 0.25) is 0 Å². The number of halogens is 1. The van der Waals surface area contributed by atoms with Gasteiger partial charge in [-0.15, -0.1) is 11.6 Å². The first kappa shape index (κ1) is 7.83. The predicted octanol–water partition coefficient (Wildman–Crippen LogP) is 1.72. The Morgan fingerprint density at radius 1 is 1.75 bits per heavy atom. The maximum Gasteiger partial charge on any atom is 0.0329 e. The molecule has 0 unspecified atom stereocenters. The summed E-state index contributed by atoms with van der Waals surface area (Å²) in [6.07, 6.45) is 0. The molecule has 8 heavy (non-hydrogen) atoms. The third-order valence-corrected chi connectivity index (χ3v) is 1.87. The molecule has 2 heteroatoms. The number of allylic oxidation sites excluding steroid dienone is 1. The maximum atomic E-state index is 5.55. The van der Waals surface area contributed by atoms with Crippen molar-refractivity contribution in [3.63, 3.8) is 0 Å². The van der Waals surface area contributed by atoms with E-state index >= 15 is 0 Å². The average Bonchev–Trinajstić information content (AvgIpc) is 1.67. The zero-order valence-electron chi connectivity index (χ0n) is 5.37. The van der Waals surface area contributed by atoms with Crippen molar-refractivity contribution >= 4 is 11.6 Å². The van der Waals surface area contributed by atoms with Crippen molar-refractivity contribution in [1.29, 1.82) is 0 Å². The van der Waals surface area contributed by atoms with E-state index in [2.05, 4.69) is 6.58 Å². The first-order chi connectivity index (χ1) is 3.50. The Hall–Kier alpha value is -0.170. The van der Waals surface area contributed by atoms with Crippen LogP contribution in [0.4, 0.5) is 0 Å². The monoisotopic (exact) mass is 133 g/mol. The number of rotatable bonds is 2. The lowest BCUT2D eigenvalue weighted by atomic mass is 9.93. The first-order valence-corrected chi connectivity index (χ1v) is 3.05. The second-order valence-corrected chi connectivity index (χ2v) is 2.81. The third-order valence-electron chi connectivity index (χ3n) is 1.20. The van der Waals surface area contributed by atoms with Gasteiger partial charge in [-0.1, -0.05) is 20.4 Å². The number of alkyl halides is 1. The van der Waals surface area contributed by atoms with E-state index in [0.29, 0.717) is 11.6 Å². The molecule has 0 radical (unpaired) electrons. The van der Waals surface area contributed by atoms with Crippen molar-refractivity contribution in [2.24, 2.45) is 11.1 Å². The Morgan fingerprint density at radius 3 is 2.12 bits per heavy atom. The van der Waals surface area contributed by atoms with E-state index in [1.165, 1.54) is 0 Å². The summed E-state index contributed by atoms with van der Waals surface area (Å²) in [6, 6.07) is 0. The highest BCUT2D eigenvalue weighted by Gasteiger charge is 2.16. The van der Waals surface area contributed by atoms with Gasteiger partial charge in [0, 0.05) is 17.0 Å². The molecule has 0 amide bonds. The lowest BCUT2D eigenvalue weighted by molar-refractivity contribution is 0.507. The van der Waals surface area contributed by atoms with Gasteiger partial charge >= 0.3 is 0 Å². The summed E-state index contributed by atoms with van der Waals surface area (Å²) in [5, 5.41) is 0. The van der Waals surface area contributed by atoms with Crippen molar-refractivity contribution in [2.45, 2.75) is 13.8 Å². The number of hydrogen-bond acceptors (Lipinski definition) is 1. The minimum absolute atomic E-state index is 0.110. The Kier molecular flexibility index (Phi) is 2.35. The highest BCUT2D eigenvalue weighted by atomic mass is 35.5. The van der Waals surface area contributed by atoms with E-state index in [1.54, 1.807) is 0 Å². The number of hydrogen-bond donors (Lipinski definition) is 1. The molecule has 0 saturated carbocycles.